The molecule has 29 heavy (non-hydrogen) atoms. The summed E-state index contributed by atoms with van der Waals surface area (Å²) in [6.45, 7) is 4.32. The maximum Gasteiger partial charge on any atom is 0.259 e. The standard InChI is InChI=1S/C24H30N2O2S/c1-16(2)13-17-9-11-20(12-10-17)29(25,28)26-24(27)15-23-21-7-3-5-18(21)14-19-6-4-8-22(19)23/h9-12,14,16H,3-8,13,15H2,1-2H3,(H2,25,26,27,28). The number of carbonyl (C=O) groups is 1. The lowest BCUT2D eigenvalue weighted by Gasteiger charge is -2.14. The average Bonchev–Trinajstić information content (AvgIpc) is 3.30. The highest BCUT2D eigenvalue weighted by atomic mass is 32.2. The molecule has 2 aromatic rings. The first-order valence-electron chi connectivity index (χ1n) is 10.7. The largest absolute Gasteiger partial charge is 0.272 e. The molecule has 0 fully saturated rings. The van der Waals surface area contributed by atoms with E-state index >= 15 is 0 Å². The number of aryl methyl sites for hydroxylation is 2. The number of amides is 1. The Morgan fingerprint density at radius 3 is 2.17 bits per heavy atom. The van der Waals surface area contributed by atoms with Crippen LogP contribution in [0, 0.1) is 5.92 Å². The molecule has 0 heterocycles. The Labute approximate surface area is 174 Å². The zero-order valence-electron chi connectivity index (χ0n) is 17.4. The summed E-state index contributed by atoms with van der Waals surface area (Å²) in [5.74, 6) is 0.168. The van der Waals surface area contributed by atoms with E-state index in [1.807, 2.05) is 12.1 Å². The maximum atomic E-state index is 13.0. The van der Waals surface area contributed by atoms with Gasteiger partial charge in [-0.05, 0) is 96.4 Å². The Kier molecular flexibility index (Phi) is 5.63. The number of nitrogens with zero attached hydrogens (tertiary/aromatic N) is 1. The van der Waals surface area contributed by atoms with Gasteiger partial charge in [-0.25, -0.2) is 9.35 Å². The molecule has 0 saturated heterocycles. The Bertz CT molecular complexity index is 1030. The maximum absolute atomic E-state index is 13.0. The molecule has 1 amide bonds. The summed E-state index contributed by atoms with van der Waals surface area (Å²) in [4.78, 5) is 13.2. The van der Waals surface area contributed by atoms with Crippen LogP contribution in [-0.4, -0.2) is 10.1 Å². The molecular weight excluding hydrogens is 380 g/mol. The quantitative estimate of drug-likeness (QED) is 0.797. The van der Waals surface area contributed by atoms with Crippen LogP contribution >= 0.6 is 0 Å². The number of fused-ring (bicyclic) bond motifs is 2. The fourth-order valence-corrected chi connectivity index (χ4v) is 5.83. The molecule has 4 nitrogen and oxygen atoms in total. The van der Waals surface area contributed by atoms with E-state index in [0.717, 1.165) is 50.5 Å². The SMILES string of the molecule is CC(C)Cc1ccc(S(N)(=O)=NC(=O)Cc2c3c(cc4c2CCC4)CCC3)cc1. The van der Waals surface area contributed by atoms with Gasteiger partial charge in [-0.2, -0.15) is 0 Å². The van der Waals surface area contributed by atoms with Crippen LogP contribution < -0.4 is 5.14 Å². The van der Waals surface area contributed by atoms with Gasteiger partial charge < -0.3 is 0 Å². The van der Waals surface area contributed by atoms with Gasteiger partial charge in [0.15, 0.2) is 0 Å². The fraction of sp³-hybridized carbons (Fsp3) is 0.458. The lowest BCUT2D eigenvalue weighted by molar-refractivity contribution is -0.117. The van der Waals surface area contributed by atoms with Gasteiger partial charge in [-0.3, -0.25) is 4.79 Å². The first-order chi connectivity index (χ1) is 13.8. The molecule has 0 aliphatic heterocycles. The van der Waals surface area contributed by atoms with Crippen LogP contribution in [0.15, 0.2) is 39.6 Å². The van der Waals surface area contributed by atoms with Gasteiger partial charge in [0.1, 0.15) is 9.92 Å². The monoisotopic (exact) mass is 410 g/mol. The minimum Gasteiger partial charge on any atom is -0.272 e. The second-order valence-electron chi connectivity index (χ2n) is 8.81. The first kappa shape index (κ1) is 20.3. The minimum atomic E-state index is -3.23. The minimum absolute atomic E-state index is 0.213. The summed E-state index contributed by atoms with van der Waals surface area (Å²) in [5.41, 5.74) is 7.75. The summed E-state index contributed by atoms with van der Waals surface area (Å²) < 4.78 is 17.0. The molecule has 4 rings (SSSR count). The van der Waals surface area contributed by atoms with Crippen LogP contribution in [0.4, 0.5) is 0 Å². The zero-order chi connectivity index (χ0) is 20.6. The Hall–Kier alpha value is -1.98. The number of rotatable bonds is 5. The van der Waals surface area contributed by atoms with Crippen LogP contribution in [0.25, 0.3) is 0 Å². The van der Waals surface area contributed by atoms with Crippen molar-refractivity contribution < 1.29 is 9.00 Å². The third kappa shape index (κ3) is 4.31. The number of hydrogen-bond acceptors (Lipinski definition) is 2. The molecule has 154 valence electrons. The molecule has 0 aromatic heterocycles. The van der Waals surface area contributed by atoms with Crippen molar-refractivity contribution in [2.75, 3.05) is 0 Å². The molecule has 5 heteroatoms. The normalized spacial score (nSPS) is 17.1. The van der Waals surface area contributed by atoms with Crippen LogP contribution in [0.5, 0.6) is 0 Å². The smallest absolute Gasteiger partial charge is 0.259 e. The molecule has 0 bridgehead atoms. The van der Waals surface area contributed by atoms with E-state index in [-0.39, 0.29) is 12.3 Å². The van der Waals surface area contributed by atoms with Gasteiger partial charge in [0, 0.05) is 0 Å². The molecule has 1 atom stereocenters. The second-order valence-corrected chi connectivity index (χ2v) is 10.6. The van der Waals surface area contributed by atoms with E-state index in [4.69, 9.17) is 5.14 Å². The average molecular weight is 411 g/mol. The molecule has 2 aromatic carbocycles. The molecule has 2 aliphatic carbocycles. The van der Waals surface area contributed by atoms with Crippen molar-refractivity contribution >= 4 is 15.8 Å². The van der Waals surface area contributed by atoms with Crippen molar-refractivity contribution in [1.82, 2.24) is 0 Å². The first-order valence-corrected chi connectivity index (χ1v) is 12.2. The topological polar surface area (TPSA) is 72.5 Å². The molecule has 2 aliphatic rings. The Morgan fingerprint density at radius 1 is 1.03 bits per heavy atom. The van der Waals surface area contributed by atoms with Gasteiger partial charge in [-0.15, -0.1) is 4.36 Å². The van der Waals surface area contributed by atoms with E-state index in [1.54, 1.807) is 12.1 Å². The van der Waals surface area contributed by atoms with Crippen LogP contribution in [-0.2, 0) is 53.2 Å². The van der Waals surface area contributed by atoms with E-state index < -0.39 is 9.92 Å². The van der Waals surface area contributed by atoms with Crippen molar-refractivity contribution in [3.63, 3.8) is 0 Å². The highest BCUT2D eigenvalue weighted by Crippen LogP contribution is 2.35. The van der Waals surface area contributed by atoms with Crippen molar-refractivity contribution in [3.05, 3.63) is 63.7 Å². The lowest BCUT2D eigenvalue weighted by atomic mass is 9.92. The summed E-state index contributed by atoms with van der Waals surface area (Å²) in [5, 5.41) is 6.01. The highest BCUT2D eigenvalue weighted by molar-refractivity contribution is 7.91. The molecule has 0 saturated carbocycles. The molecule has 0 spiro atoms. The molecule has 0 radical (unpaired) electrons. The molecule has 2 N–H and O–H groups in total. The Balaban J connectivity index is 1.59. The lowest BCUT2D eigenvalue weighted by Crippen LogP contribution is -2.16. The third-order valence-corrected chi connectivity index (χ3v) is 7.49. The van der Waals surface area contributed by atoms with E-state index in [9.17, 15) is 9.00 Å². The van der Waals surface area contributed by atoms with Crippen LogP contribution in [0.3, 0.4) is 0 Å². The second kappa shape index (κ2) is 8.04. The van der Waals surface area contributed by atoms with Crippen LogP contribution in [0.2, 0.25) is 0 Å². The van der Waals surface area contributed by atoms with Crippen molar-refractivity contribution in [1.29, 1.82) is 0 Å². The summed E-state index contributed by atoms with van der Waals surface area (Å²) in [6.07, 6.45) is 7.70. The highest BCUT2D eigenvalue weighted by Gasteiger charge is 2.25. The molecular formula is C24H30N2O2S. The van der Waals surface area contributed by atoms with Gasteiger partial charge in [0.2, 0.25) is 0 Å². The number of hydrogen-bond donors (Lipinski definition) is 1. The fourth-order valence-electron chi connectivity index (χ4n) is 4.83. The van der Waals surface area contributed by atoms with Crippen LogP contribution in [0.1, 0.15) is 60.1 Å². The summed E-state index contributed by atoms with van der Waals surface area (Å²) in [7, 11) is -3.23. The van der Waals surface area contributed by atoms with Gasteiger partial charge >= 0.3 is 0 Å². The summed E-state index contributed by atoms with van der Waals surface area (Å²) in [6, 6.07) is 9.70. The van der Waals surface area contributed by atoms with E-state index in [1.165, 1.54) is 27.8 Å². The van der Waals surface area contributed by atoms with E-state index in [0.29, 0.717) is 10.8 Å². The summed E-state index contributed by atoms with van der Waals surface area (Å²) >= 11 is 0. The zero-order valence-corrected chi connectivity index (χ0v) is 18.2. The van der Waals surface area contributed by atoms with Crippen molar-refractivity contribution in [2.24, 2.45) is 15.4 Å². The number of nitrogens with two attached hydrogens (primary N) is 1. The van der Waals surface area contributed by atoms with Gasteiger partial charge in [0.05, 0.1) is 11.3 Å². The van der Waals surface area contributed by atoms with Crippen molar-refractivity contribution in [3.8, 4) is 0 Å². The van der Waals surface area contributed by atoms with Gasteiger partial charge in [-0.1, -0.05) is 32.0 Å². The predicted molar refractivity (Wildman–Crippen MR) is 117 cm³/mol. The van der Waals surface area contributed by atoms with Crippen molar-refractivity contribution in [2.45, 2.75) is 70.1 Å². The third-order valence-electron chi connectivity index (χ3n) is 6.07. The Morgan fingerprint density at radius 2 is 1.62 bits per heavy atom. The number of benzene rings is 2. The number of carbonyl (C=O) groups excluding carboxylic acids is 1. The van der Waals surface area contributed by atoms with Gasteiger partial charge in [0.25, 0.3) is 5.91 Å². The predicted octanol–water partition coefficient (Wildman–Crippen LogP) is 4.33. The molecule has 1 unspecified atom stereocenters. The van der Waals surface area contributed by atoms with E-state index in [2.05, 4.69) is 24.3 Å².